The topological polar surface area (TPSA) is 20.2 Å². The van der Waals surface area contributed by atoms with Crippen LogP contribution in [0.5, 0.6) is 0 Å². The van der Waals surface area contributed by atoms with Crippen LogP contribution in [0.25, 0.3) is 0 Å². The minimum Gasteiger partial charge on any atom is -0.388 e. The second kappa shape index (κ2) is 2.88. The van der Waals surface area contributed by atoms with E-state index < -0.39 is 0 Å². The molecule has 0 spiro atoms. The van der Waals surface area contributed by atoms with Crippen LogP contribution in [0, 0.1) is 0 Å². The van der Waals surface area contributed by atoms with Crippen LogP contribution in [0.3, 0.4) is 0 Å². The van der Waals surface area contributed by atoms with E-state index in [1.165, 1.54) is 10.4 Å². The zero-order chi connectivity index (χ0) is 7.84. The van der Waals surface area contributed by atoms with Gasteiger partial charge in [-0.25, -0.2) is 0 Å². The summed E-state index contributed by atoms with van der Waals surface area (Å²) in [6.07, 6.45) is 2.99. The lowest BCUT2D eigenvalue weighted by Gasteiger charge is -2.16. The average Bonchev–Trinajstić information content (AvgIpc) is 2.31. The van der Waals surface area contributed by atoms with Crippen LogP contribution in [0.4, 0.5) is 0 Å². The van der Waals surface area contributed by atoms with Crippen LogP contribution in [-0.2, 0) is 6.42 Å². The molecule has 0 saturated carbocycles. The summed E-state index contributed by atoms with van der Waals surface area (Å²) in [5, 5.41) is 9.56. The lowest BCUT2D eigenvalue weighted by atomic mass is 9.97. The van der Waals surface area contributed by atoms with Crippen LogP contribution >= 0.6 is 27.3 Å². The van der Waals surface area contributed by atoms with E-state index in [4.69, 9.17) is 0 Å². The largest absolute Gasteiger partial charge is 0.388 e. The molecule has 0 aromatic carbocycles. The first kappa shape index (κ1) is 7.77. The molecule has 0 saturated heterocycles. The Bertz CT molecular complexity index is 269. The van der Waals surface area contributed by atoms with E-state index in [1.807, 2.05) is 0 Å². The van der Waals surface area contributed by atoms with Crippen molar-refractivity contribution in [1.82, 2.24) is 0 Å². The van der Waals surface area contributed by atoms with Crippen molar-refractivity contribution in [3.63, 3.8) is 0 Å². The highest BCUT2D eigenvalue weighted by atomic mass is 79.9. The first-order valence-corrected chi connectivity index (χ1v) is 5.34. The van der Waals surface area contributed by atoms with Gasteiger partial charge in [0, 0.05) is 4.88 Å². The van der Waals surface area contributed by atoms with Crippen molar-refractivity contribution in [2.45, 2.75) is 25.4 Å². The molecule has 1 heterocycles. The van der Waals surface area contributed by atoms with E-state index in [0.29, 0.717) is 0 Å². The minimum absolute atomic E-state index is 0.199. The smallest absolute Gasteiger partial charge is 0.0885 e. The number of rotatable bonds is 0. The van der Waals surface area contributed by atoms with Gasteiger partial charge < -0.3 is 5.11 Å². The summed E-state index contributed by atoms with van der Waals surface area (Å²) >= 11 is 5.09. The Hall–Kier alpha value is 0.140. The predicted octanol–water partition coefficient (Wildman–Crippen LogP) is 2.88. The quantitative estimate of drug-likeness (QED) is 0.730. The molecule has 1 aliphatic carbocycles. The second-order valence-corrected chi connectivity index (χ2v) is 5.31. The van der Waals surface area contributed by atoms with Crippen LogP contribution in [-0.4, -0.2) is 5.11 Å². The monoisotopic (exact) mass is 232 g/mol. The van der Waals surface area contributed by atoms with Gasteiger partial charge in [0.2, 0.25) is 0 Å². The van der Waals surface area contributed by atoms with E-state index in [1.54, 1.807) is 11.3 Å². The van der Waals surface area contributed by atoms with Gasteiger partial charge in [-0.15, -0.1) is 11.3 Å². The number of hydrogen-bond acceptors (Lipinski definition) is 2. The molecule has 60 valence electrons. The molecule has 0 fully saturated rings. The second-order valence-electron chi connectivity index (χ2n) is 2.85. The molecule has 0 radical (unpaired) electrons. The van der Waals surface area contributed by atoms with E-state index in [0.717, 1.165) is 23.0 Å². The first-order valence-electron chi connectivity index (χ1n) is 3.73. The predicted molar refractivity (Wildman–Crippen MR) is 49.9 cm³/mol. The third-order valence-corrected chi connectivity index (χ3v) is 3.82. The molecule has 1 aliphatic rings. The van der Waals surface area contributed by atoms with Gasteiger partial charge in [-0.3, -0.25) is 0 Å². The number of aliphatic hydroxyl groups is 1. The maximum absolute atomic E-state index is 9.56. The van der Waals surface area contributed by atoms with Crippen molar-refractivity contribution in [2.24, 2.45) is 0 Å². The van der Waals surface area contributed by atoms with Crippen molar-refractivity contribution in [3.05, 3.63) is 20.3 Å². The van der Waals surface area contributed by atoms with Gasteiger partial charge in [-0.1, -0.05) is 0 Å². The molecule has 1 N–H and O–H groups in total. The van der Waals surface area contributed by atoms with Gasteiger partial charge in [0.25, 0.3) is 0 Å². The highest BCUT2D eigenvalue weighted by Crippen LogP contribution is 2.38. The molecule has 1 aromatic heterocycles. The van der Waals surface area contributed by atoms with Crippen LogP contribution in [0.15, 0.2) is 9.85 Å². The summed E-state index contributed by atoms with van der Waals surface area (Å²) in [6.45, 7) is 0. The third-order valence-electron chi connectivity index (χ3n) is 2.04. The van der Waals surface area contributed by atoms with Crippen LogP contribution < -0.4 is 0 Å². The Balaban J connectivity index is 2.43. The normalized spacial score (nSPS) is 23.3. The maximum Gasteiger partial charge on any atom is 0.0885 e. The van der Waals surface area contributed by atoms with E-state index in [2.05, 4.69) is 22.0 Å². The minimum atomic E-state index is -0.199. The molecule has 1 aromatic rings. The van der Waals surface area contributed by atoms with Crippen molar-refractivity contribution >= 4 is 27.3 Å². The number of aliphatic hydroxyl groups excluding tert-OH is 1. The summed E-state index contributed by atoms with van der Waals surface area (Å²) in [5.74, 6) is 0. The van der Waals surface area contributed by atoms with E-state index in [-0.39, 0.29) is 6.10 Å². The molecular weight excluding hydrogens is 224 g/mol. The molecule has 0 bridgehead atoms. The zero-order valence-corrected chi connectivity index (χ0v) is 8.41. The SMILES string of the molecule is OC1CCCc2cc(Br)sc21. The molecule has 1 unspecified atom stereocenters. The Morgan fingerprint density at radius 2 is 2.45 bits per heavy atom. The van der Waals surface area contributed by atoms with Gasteiger partial charge in [-0.05, 0) is 46.8 Å². The van der Waals surface area contributed by atoms with E-state index in [9.17, 15) is 5.11 Å². The number of thiophene rings is 1. The molecule has 2 rings (SSSR count). The maximum atomic E-state index is 9.56. The summed E-state index contributed by atoms with van der Waals surface area (Å²) in [6, 6.07) is 2.13. The fourth-order valence-corrected chi connectivity index (χ4v) is 3.26. The highest BCUT2D eigenvalue weighted by Gasteiger charge is 2.20. The van der Waals surface area contributed by atoms with Gasteiger partial charge >= 0.3 is 0 Å². The standard InChI is InChI=1S/C8H9BrOS/c9-7-4-5-2-1-3-6(10)8(5)11-7/h4,6,10H,1-3H2. The molecule has 1 atom stereocenters. The molecule has 1 nitrogen and oxygen atoms in total. The molecule has 11 heavy (non-hydrogen) atoms. The third kappa shape index (κ3) is 1.37. The number of aryl methyl sites for hydroxylation is 1. The first-order chi connectivity index (χ1) is 5.27. The van der Waals surface area contributed by atoms with Gasteiger partial charge in [0.1, 0.15) is 0 Å². The van der Waals surface area contributed by atoms with Crippen molar-refractivity contribution in [3.8, 4) is 0 Å². The van der Waals surface area contributed by atoms with Gasteiger partial charge in [0.05, 0.1) is 9.89 Å². The molecule has 0 amide bonds. The average molecular weight is 233 g/mol. The molecule has 3 heteroatoms. The van der Waals surface area contributed by atoms with Crippen LogP contribution in [0.1, 0.15) is 29.4 Å². The van der Waals surface area contributed by atoms with E-state index >= 15 is 0 Å². The highest BCUT2D eigenvalue weighted by molar-refractivity contribution is 9.11. The Labute approximate surface area is 78.2 Å². The van der Waals surface area contributed by atoms with Crippen molar-refractivity contribution in [1.29, 1.82) is 0 Å². The van der Waals surface area contributed by atoms with Gasteiger partial charge in [0.15, 0.2) is 0 Å². The molecule has 0 aliphatic heterocycles. The summed E-state index contributed by atoms with van der Waals surface area (Å²) in [5.41, 5.74) is 1.33. The zero-order valence-electron chi connectivity index (χ0n) is 6.01. The summed E-state index contributed by atoms with van der Waals surface area (Å²) in [4.78, 5) is 1.17. The fraction of sp³-hybridized carbons (Fsp3) is 0.500. The number of halogens is 1. The Morgan fingerprint density at radius 1 is 1.64 bits per heavy atom. The summed E-state index contributed by atoms with van der Waals surface area (Å²) in [7, 11) is 0. The number of fused-ring (bicyclic) bond motifs is 1. The lowest BCUT2D eigenvalue weighted by molar-refractivity contribution is 0.161. The van der Waals surface area contributed by atoms with Gasteiger partial charge in [-0.2, -0.15) is 0 Å². The van der Waals surface area contributed by atoms with Crippen molar-refractivity contribution in [2.75, 3.05) is 0 Å². The van der Waals surface area contributed by atoms with Crippen LogP contribution in [0.2, 0.25) is 0 Å². The molecular formula is C8H9BrOS. The summed E-state index contributed by atoms with van der Waals surface area (Å²) < 4.78 is 1.14. The lowest BCUT2D eigenvalue weighted by Crippen LogP contribution is -2.04. The fourth-order valence-electron chi connectivity index (χ4n) is 1.50. The number of hydrogen-bond donors (Lipinski definition) is 1. The Kier molecular flexibility index (Phi) is 2.04. The Morgan fingerprint density at radius 3 is 3.18 bits per heavy atom. The van der Waals surface area contributed by atoms with Crippen molar-refractivity contribution < 1.29 is 5.11 Å².